The Kier molecular flexibility index (Phi) is 5.02. The standard InChI is InChI=1S/C18H23FN2O3/c19-15-7-3-4-8-16(15)20-9-11-21(12-10-20)17(22)13-5-1-2-6-14(13)18(23)24/h3-4,7-8,13-14H,1-2,5-6,9-12H2,(H,23,24)/t13-,14+/m0/s1. The summed E-state index contributed by atoms with van der Waals surface area (Å²) in [7, 11) is 0. The molecule has 1 aliphatic heterocycles. The molecule has 6 heteroatoms. The van der Waals surface area contributed by atoms with Gasteiger partial charge >= 0.3 is 5.97 Å². The Balaban J connectivity index is 1.62. The van der Waals surface area contributed by atoms with E-state index in [1.165, 1.54) is 6.07 Å². The van der Waals surface area contributed by atoms with Crippen LogP contribution in [0, 0.1) is 17.7 Å². The first-order valence-corrected chi connectivity index (χ1v) is 8.59. The van der Waals surface area contributed by atoms with Gasteiger partial charge in [0.25, 0.3) is 0 Å². The van der Waals surface area contributed by atoms with Crippen molar-refractivity contribution >= 4 is 17.6 Å². The summed E-state index contributed by atoms with van der Waals surface area (Å²) in [5.41, 5.74) is 0.561. The van der Waals surface area contributed by atoms with Gasteiger partial charge in [0.2, 0.25) is 5.91 Å². The second kappa shape index (κ2) is 7.20. The fraction of sp³-hybridized carbons (Fsp3) is 0.556. The van der Waals surface area contributed by atoms with Crippen LogP contribution in [-0.2, 0) is 9.59 Å². The molecule has 0 unspecified atom stereocenters. The Labute approximate surface area is 141 Å². The van der Waals surface area contributed by atoms with E-state index in [0.717, 1.165) is 12.8 Å². The molecule has 2 fully saturated rings. The van der Waals surface area contributed by atoms with Crippen LogP contribution in [0.3, 0.4) is 0 Å². The van der Waals surface area contributed by atoms with Gasteiger partial charge in [-0.1, -0.05) is 25.0 Å². The van der Waals surface area contributed by atoms with Crippen molar-refractivity contribution in [2.24, 2.45) is 11.8 Å². The van der Waals surface area contributed by atoms with Crippen LogP contribution in [0.1, 0.15) is 25.7 Å². The highest BCUT2D eigenvalue weighted by atomic mass is 19.1. The third-order valence-corrected chi connectivity index (χ3v) is 5.18. The molecule has 1 saturated carbocycles. The minimum Gasteiger partial charge on any atom is -0.481 e. The maximum atomic E-state index is 13.9. The third kappa shape index (κ3) is 3.37. The number of para-hydroxylation sites is 1. The second-order valence-corrected chi connectivity index (χ2v) is 6.60. The van der Waals surface area contributed by atoms with Gasteiger partial charge in [0, 0.05) is 26.2 Å². The molecule has 1 saturated heterocycles. The number of nitrogens with zero attached hydrogens (tertiary/aromatic N) is 2. The van der Waals surface area contributed by atoms with Crippen molar-refractivity contribution in [3.63, 3.8) is 0 Å². The predicted octanol–water partition coefficient (Wildman–Crippen LogP) is 2.37. The van der Waals surface area contributed by atoms with Crippen LogP contribution in [0.5, 0.6) is 0 Å². The highest BCUT2D eigenvalue weighted by Gasteiger charge is 2.38. The number of halogens is 1. The van der Waals surface area contributed by atoms with Crippen molar-refractivity contribution < 1.29 is 19.1 Å². The van der Waals surface area contributed by atoms with Gasteiger partial charge in [-0.2, -0.15) is 0 Å². The number of rotatable bonds is 3. The Morgan fingerprint density at radius 1 is 1.00 bits per heavy atom. The number of anilines is 1. The largest absolute Gasteiger partial charge is 0.481 e. The molecule has 5 nitrogen and oxygen atoms in total. The highest BCUT2D eigenvalue weighted by Crippen LogP contribution is 2.32. The van der Waals surface area contributed by atoms with Crippen LogP contribution in [0.15, 0.2) is 24.3 Å². The lowest BCUT2D eigenvalue weighted by Gasteiger charge is -2.39. The number of amides is 1. The number of hydrogen-bond donors (Lipinski definition) is 1. The first-order chi connectivity index (χ1) is 11.6. The molecule has 1 heterocycles. The van der Waals surface area contributed by atoms with Crippen LogP contribution in [0.25, 0.3) is 0 Å². The SMILES string of the molecule is O=C(O)[C@@H]1CCCC[C@@H]1C(=O)N1CCN(c2ccccc2F)CC1. The van der Waals surface area contributed by atoms with E-state index < -0.39 is 17.8 Å². The van der Waals surface area contributed by atoms with Crippen LogP contribution >= 0.6 is 0 Å². The number of carbonyl (C=O) groups is 2. The summed E-state index contributed by atoms with van der Waals surface area (Å²) in [5.74, 6) is -2.13. The van der Waals surface area contributed by atoms with Gasteiger partial charge in [-0.15, -0.1) is 0 Å². The average Bonchev–Trinajstić information content (AvgIpc) is 2.62. The summed E-state index contributed by atoms with van der Waals surface area (Å²) >= 11 is 0. The Morgan fingerprint density at radius 2 is 1.62 bits per heavy atom. The summed E-state index contributed by atoms with van der Waals surface area (Å²) in [6, 6.07) is 6.64. The van der Waals surface area contributed by atoms with Gasteiger partial charge in [0.15, 0.2) is 0 Å². The van der Waals surface area contributed by atoms with E-state index >= 15 is 0 Å². The van der Waals surface area contributed by atoms with Gasteiger partial charge in [0.1, 0.15) is 5.82 Å². The summed E-state index contributed by atoms with van der Waals surface area (Å²) < 4.78 is 13.9. The lowest BCUT2D eigenvalue weighted by Crippen LogP contribution is -2.52. The Hall–Kier alpha value is -2.11. The molecule has 0 radical (unpaired) electrons. The van der Waals surface area contributed by atoms with Crippen LogP contribution in [0.2, 0.25) is 0 Å². The minimum absolute atomic E-state index is 0.0460. The number of carboxylic acids is 1. The summed E-state index contributed by atoms with van der Waals surface area (Å²) in [4.78, 5) is 27.8. The first kappa shape index (κ1) is 16.7. The molecule has 0 aromatic heterocycles. The van der Waals surface area contributed by atoms with Gasteiger partial charge in [-0.3, -0.25) is 9.59 Å². The monoisotopic (exact) mass is 334 g/mol. The quantitative estimate of drug-likeness (QED) is 0.922. The normalized spacial score (nSPS) is 24.7. The molecule has 1 aromatic rings. The Bertz CT molecular complexity index is 614. The van der Waals surface area contributed by atoms with Crippen molar-refractivity contribution in [3.05, 3.63) is 30.1 Å². The van der Waals surface area contributed by atoms with Gasteiger partial charge in [-0.05, 0) is 25.0 Å². The molecular weight excluding hydrogens is 311 g/mol. The zero-order valence-electron chi connectivity index (χ0n) is 13.7. The molecule has 2 aliphatic rings. The molecule has 1 aliphatic carbocycles. The molecular formula is C18H23FN2O3. The summed E-state index contributed by atoms with van der Waals surface area (Å²) in [6.07, 6.45) is 3.03. The van der Waals surface area contributed by atoms with E-state index in [-0.39, 0.29) is 11.7 Å². The Morgan fingerprint density at radius 3 is 2.25 bits per heavy atom. The van der Waals surface area contributed by atoms with E-state index in [1.54, 1.807) is 23.1 Å². The van der Waals surface area contributed by atoms with Gasteiger partial charge in [-0.25, -0.2) is 4.39 Å². The smallest absolute Gasteiger partial charge is 0.307 e. The summed E-state index contributed by atoms with van der Waals surface area (Å²) in [6.45, 7) is 2.15. The van der Waals surface area contributed by atoms with Crippen molar-refractivity contribution in [1.29, 1.82) is 0 Å². The first-order valence-electron chi connectivity index (χ1n) is 8.59. The van der Waals surface area contributed by atoms with E-state index in [9.17, 15) is 19.1 Å². The fourth-order valence-corrected chi connectivity index (χ4v) is 3.83. The van der Waals surface area contributed by atoms with E-state index in [4.69, 9.17) is 0 Å². The van der Waals surface area contributed by atoms with E-state index in [1.807, 2.05) is 4.90 Å². The van der Waals surface area contributed by atoms with Gasteiger partial charge < -0.3 is 14.9 Å². The minimum atomic E-state index is -0.863. The molecule has 2 atom stereocenters. The number of hydrogen-bond acceptors (Lipinski definition) is 3. The number of benzene rings is 1. The molecule has 1 aromatic carbocycles. The molecule has 1 N–H and O–H groups in total. The second-order valence-electron chi connectivity index (χ2n) is 6.60. The van der Waals surface area contributed by atoms with Crippen molar-refractivity contribution in [1.82, 2.24) is 4.90 Å². The van der Waals surface area contributed by atoms with Gasteiger partial charge in [0.05, 0.1) is 17.5 Å². The molecule has 24 heavy (non-hydrogen) atoms. The molecule has 0 bridgehead atoms. The zero-order chi connectivity index (χ0) is 17.1. The molecule has 1 amide bonds. The highest BCUT2D eigenvalue weighted by molar-refractivity contribution is 5.85. The molecule has 3 rings (SSSR count). The predicted molar refractivity (Wildman–Crippen MR) is 88.3 cm³/mol. The van der Waals surface area contributed by atoms with Crippen molar-refractivity contribution in [2.75, 3.05) is 31.1 Å². The number of carboxylic acid groups (broad SMARTS) is 1. The maximum absolute atomic E-state index is 13.9. The average molecular weight is 334 g/mol. The maximum Gasteiger partial charge on any atom is 0.307 e. The summed E-state index contributed by atoms with van der Waals surface area (Å²) in [5, 5.41) is 9.36. The number of piperazine rings is 1. The van der Waals surface area contributed by atoms with Crippen LogP contribution in [-0.4, -0.2) is 48.1 Å². The van der Waals surface area contributed by atoms with Crippen LogP contribution < -0.4 is 4.90 Å². The lowest BCUT2D eigenvalue weighted by molar-refractivity contribution is -0.152. The van der Waals surface area contributed by atoms with E-state index in [2.05, 4.69) is 0 Å². The number of aliphatic carboxylic acids is 1. The van der Waals surface area contributed by atoms with Crippen LogP contribution in [0.4, 0.5) is 10.1 Å². The fourth-order valence-electron chi connectivity index (χ4n) is 3.83. The molecule has 0 spiro atoms. The van der Waals surface area contributed by atoms with Crippen molar-refractivity contribution in [2.45, 2.75) is 25.7 Å². The van der Waals surface area contributed by atoms with E-state index in [0.29, 0.717) is 44.7 Å². The third-order valence-electron chi connectivity index (χ3n) is 5.18. The lowest BCUT2D eigenvalue weighted by atomic mass is 9.78. The van der Waals surface area contributed by atoms with Crippen molar-refractivity contribution in [3.8, 4) is 0 Å². The molecule has 130 valence electrons. The zero-order valence-corrected chi connectivity index (χ0v) is 13.7. The topological polar surface area (TPSA) is 60.9 Å². The number of carbonyl (C=O) groups excluding carboxylic acids is 1.